The van der Waals surface area contributed by atoms with Crippen molar-refractivity contribution in [3.63, 3.8) is 0 Å². The zero-order valence-corrected chi connectivity index (χ0v) is 20.9. The molecule has 7 nitrogen and oxygen atoms in total. The molecule has 1 heterocycles. The van der Waals surface area contributed by atoms with Crippen molar-refractivity contribution in [2.45, 2.75) is 78.5 Å². The summed E-state index contributed by atoms with van der Waals surface area (Å²) in [6.07, 6.45) is 0.418. The number of pyridine rings is 1. The second-order valence-corrected chi connectivity index (χ2v) is 10.3. The van der Waals surface area contributed by atoms with E-state index in [2.05, 4.69) is 15.6 Å². The summed E-state index contributed by atoms with van der Waals surface area (Å²) in [6.45, 7) is 12.5. The van der Waals surface area contributed by atoms with Gasteiger partial charge >= 0.3 is 6.09 Å². The molecule has 184 valence electrons. The van der Waals surface area contributed by atoms with Crippen molar-refractivity contribution < 1.29 is 23.5 Å². The Kier molecular flexibility index (Phi) is 8.53. The van der Waals surface area contributed by atoms with Crippen LogP contribution in [0.5, 0.6) is 0 Å². The van der Waals surface area contributed by atoms with E-state index >= 15 is 0 Å². The summed E-state index contributed by atoms with van der Waals surface area (Å²) in [5, 5.41) is 5.43. The van der Waals surface area contributed by atoms with Gasteiger partial charge in [-0.15, -0.1) is 0 Å². The molecule has 0 bridgehead atoms. The van der Waals surface area contributed by atoms with Crippen molar-refractivity contribution in [1.29, 1.82) is 0 Å². The number of amides is 2. The molecule has 1 aromatic heterocycles. The molecule has 0 aliphatic carbocycles. The predicted molar refractivity (Wildman–Crippen MR) is 128 cm³/mol. The number of halogens is 1. The molecule has 2 amide bonds. The summed E-state index contributed by atoms with van der Waals surface area (Å²) in [4.78, 5) is 42.7. The molecule has 2 rings (SSSR count). The Labute approximate surface area is 200 Å². The van der Waals surface area contributed by atoms with Gasteiger partial charge in [0.1, 0.15) is 11.4 Å². The predicted octanol–water partition coefficient (Wildman–Crippen LogP) is 4.31. The SMILES string of the molecule is Cc1ccc(F)c(CC(NC(=O)OC(C)(C)C)C(=O)Cc2ncccc2C(=O)NC(C)(C)C)c1. The quantitative estimate of drug-likeness (QED) is 0.627. The Morgan fingerprint density at radius 1 is 1.09 bits per heavy atom. The maximum Gasteiger partial charge on any atom is 0.408 e. The molecule has 1 unspecified atom stereocenters. The molecular formula is C26H34FN3O4. The lowest BCUT2D eigenvalue weighted by molar-refractivity contribution is -0.120. The first kappa shape index (κ1) is 27.0. The van der Waals surface area contributed by atoms with E-state index in [-0.39, 0.29) is 30.0 Å². The first-order chi connectivity index (χ1) is 15.6. The number of ketones is 1. The minimum absolute atomic E-state index is 0.0675. The van der Waals surface area contributed by atoms with Gasteiger partial charge in [-0.2, -0.15) is 0 Å². The lowest BCUT2D eigenvalue weighted by Crippen LogP contribution is -2.46. The first-order valence-electron chi connectivity index (χ1n) is 11.2. The van der Waals surface area contributed by atoms with Crippen LogP contribution in [0.15, 0.2) is 36.5 Å². The fourth-order valence-electron chi connectivity index (χ4n) is 3.26. The standard InChI is InChI=1S/C26H34FN3O4/c1-16-10-11-19(27)17(13-16)14-21(29-24(33)34-26(5,6)7)22(31)15-20-18(9-8-12-28-20)23(32)30-25(2,3)4/h8-13,21H,14-15H2,1-7H3,(H,29,33)(H,30,32). The van der Waals surface area contributed by atoms with Crippen molar-refractivity contribution >= 4 is 17.8 Å². The van der Waals surface area contributed by atoms with E-state index in [0.717, 1.165) is 5.56 Å². The third kappa shape index (κ3) is 8.57. The zero-order chi connectivity index (χ0) is 25.7. The van der Waals surface area contributed by atoms with E-state index in [1.54, 1.807) is 45.0 Å². The van der Waals surface area contributed by atoms with Crippen molar-refractivity contribution in [3.05, 3.63) is 64.7 Å². The summed E-state index contributed by atoms with van der Waals surface area (Å²) >= 11 is 0. The lowest BCUT2D eigenvalue weighted by Gasteiger charge is -2.24. The molecule has 0 fully saturated rings. The van der Waals surface area contributed by atoms with Gasteiger partial charge in [-0.05, 0) is 72.2 Å². The van der Waals surface area contributed by atoms with Crippen LogP contribution in [-0.2, 0) is 22.4 Å². The van der Waals surface area contributed by atoms with Crippen LogP contribution in [-0.4, -0.2) is 39.9 Å². The third-order valence-electron chi connectivity index (χ3n) is 4.67. The minimum Gasteiger partial charge on any atom is -0.444 e. The second kappa shape index (κ2) is 10.8. The number of benzene rings is 1. The summed E-state index contributed by atoms with van der Waals surface area (Å²) in [5.74, 6) is -1.25. The monoisotopic (exact) mass is 471 g/mol. The van der Waals surface area contributed by atoms with E-state index in [1.165, 1.54) is 12.3 Å². The Hall–Kier alpha value is -3.29. The molecule has 2 aromatic rings. The number of carbonyl (C=O) groups is 3. The van der Waals surface area contributed by atoms with Gasteiger partial charge in [-0.1, -0.05) is 17.7 Å². The van der Waals surface area contributed by atoms with Gasteiger partial charge in [-0.3, -0.25) is 14.6 Å². The molecule has 34 heavy (non-hydrogen) atoms. The van der Waals surface area contributed by atoms with E-state index in [1.807, 2.05) is 27.7 Å². The van der Waals surface area contributed by atoms with E-state index in [4.69, 9.17) is 4.74 Å². The van der Waals surface area contributed by atoms with Gasteiger partial charge < -0.3 is 15.4 Å². The molecule has 8 heteroatoms. The molecule has 0 radical (unpaired) electrons. The topological polar surface area (TPSA) is 97.4 Å². The number of rotatable bonds is 7. The minimum atomic E-state index is -1.08. The average Bonchev–Trinajstić information content (AvgIpc) is 2.67. The van der Waals surface area contributed by atoms with Gasteiger partial charge in [0, 0.05) is 18.2 Å². The molecule has 2 N–H and O–H groups in total. The summed E-state index contributed by atoms with van der Waals surface area (Å²) in [6, 6.07) is 6.72. The number of carbonyl (C=O) groups excluding carboxylic acids is 3. The van der Waals surface area contributed by atoms with Crippen molar-refractivity contribution in [2.75, 3.05) is 0 Å². The Bertz CT molecular complexity index is 1050. The number of aromatic nitrogens is 1. The van der Waals surface area contributed by atoms with Crippen LogP contribution >= 0.6 is 0 Å². The summed E-state index contributed by atoms with van der Waals surface area (Å²) in [5.41, 5.74) is 0.411. The highest BCUT2D eigenvalue weighted by molar-refractivity contribution is 5.98. The molecule has 0 saturated heterocycles. The maximum absolute atomic E-state index is 14.4. The molecule has 1 aromatic carbocycles. The summed E-state index contributed by atoms with van der Waals surface area (Å²) in [7, 11) is 0. The molecule has 0 saturated carbocycles. The highest BCUT2D eigenvalue weighted by atomic mass is 19.1. The van der Waals surface area contributed by atoms with Crippen molar-refractivity contribution in [1.82, 2.24) is 15.6 Å². The van der Waals surface area contributed by atoms with E-state index in [0.29, 0.717) is 5.56 Å². The number of nitrogens with one attached hydrogen (secondary N) is 2. The number of aryl methyl sites for hydroxylation is 1. The number of ether oxygens (including phenoxy) is 1. The maximum atomic E-state index is 14.4. The molecular weight excluding hydrogens is 437 g/mol. The van der Waals surface area contributed by atoms with Crippen molar-refractivity contribution in [2.24, 2.45) is 0 Å². The number of alkyl carbamates (subject to hydrolysis) is 1. The molecule has 0 aliphatic rings. The van der Waals surface area contributed by atoms with Crippen LogP contribution in [0.25, 0.3) is 0 Å². The van der Waals surface area contributed by atoms with E-state index < -0.39 is 34.9 Å². The molecule has 0 spiro atoms. The number of Topliss-reactive ketones (excluding diaryl/α,β-unsaturated/α-hetero) is 1. The van der Waals surface area contributed by atoms with Crippen LogP contribution in [0.3, 0.4) is 0 Å². The number of nitrogens with zero attached hydrogens (tertiary/aromatic N) is 1. The van der Waals surface area contributed by atoms with Gasteiger partial charge in [0.25, 0.3) is 5.91 Å². The van der Waals surface area contributed by atoms with Crippen LogP contribution < -0.4 is 10.6 Å². The van der Waals surface area contributed by atoms with Gasteiger partial charge in [0.05, 0.1) is 23.7 Å². The van der Waals surface area contributed by atoms with Gasteiger partial charge in [0.2, 0.25) is 0 Å². The third-order valence-corrected chi connectivity index (χ3v) is 4.67. The molecule has 1 atom stereocenters. The Morgan fingerprint density at radius 2 is 1.76 bits per heavy atom. The van der Waals surface area contributed by atoms with Crippen LogP contribution in [0.2, 0.25) is 0 Å². The largest absolute Gasteiger partial charge is 0.444 e. The number of hydrogen-bond donors (Lipinski definition) is 2. The lowest BCUT2D eigenvalue weighted by atomic mass is 9.96. The normalized spacial score (nSPS) is 12.6. The highest BCUT2D eigenvalue weighted by Gasteiger charge is 2.28. The highest BCUT2D eigenvalue weighted by Crippen LogP contribution is 2.16. The van der Waals surface area contributed by atoms with Crippen LogP contribution in [0.4, 0.5) is 9.18 Å². The zero-order valence-electron chi connectivity index (χ0n) is 20.9. The van der Waals surface area contributed by atoms with Crippen LogP contribution in [0.1, 0.15) is 68.7 Å². The van der Waals surface area contributed by atoms with Gasteiger partial charge in [-0.25, -0.2) is 9.18 Å². The van der Waals surface area contributed by atoms with Crippen LogP contribution in [0, 0.1) is 12.7 Å². The molecule has 0 aliphatic heterocycles. The summed E-state index contributed by atoms with van der Waals surface area (Å²) < 4.78 is 19.7. The Balaban J connectivity index is 2.32. The number of hydrogen-bond acceptors (Lipinski definition) is 5. The average molecular weight is 472 g/mol. The van der Waals surface area contributed by atoms with E-state index in [9.17, 15) is 18.8 Å². The Morgan fingerprint density at radius 3 is 2.38 bits per heavy atom. The van der Waals surface area contributed by atoms with Crippen molar-refractivity contribution in [3.8, 4) is 0 Å². The fraction of sp³-hybridized carbons (Fsp3) is 0.462. The van der Waals surface area contributed by atoms with Gasteiger partial charge in [0.15, 0.2) is 5.78 Å². The smallest absolute Gasteiger partial charge is 0.408 e. The fourth-order valence-corrected chi connectivity index (χ4v) is 3.26. The second-order valence-electron chi connectivity index (χ2n) is 10.3. The first-order valence-corrected chi connectivity index (χ1v) is 11.2.